The number of thioether (sulfide) groups is 1. The van der Waals surface area contributed by atoms with Crippen LogP contribution in [0.25, 0.3) is 0 Å². The molecule has 3 heterocycles. The molecule has 1 aromatic rings. The van der Waals surface area contributed by atoms with Crippen LogP contribution in [0.4, 0.5) is 0 Å². The van der Waals surface area contributed by atoms with E-state index in [9.17, 15) is 19.5 Å². The minimum atomic E-state index is -1.02. The number of hydrogen-bond acceptors (Lipinski definition) is 5. The van der Waals surface area contributed by atoms with E-state index in [0.29, 0.717) is 24.7 Å². The summed E-state index contributed by atoms with van der Waals surface area (Å²) in [6.45, 7) is 0.904. The molecule has 21 heavy (non-hydrogen) atoms. The van der Waals surface area contributed by atoms with E-state index in [2.05, 4.69) is 4.98 Å². The maximum Gasteiger partial charge on any atom is 0.326 e. The SMILES string of the molecule is O=C(O)[C@H]1CCCCN1C(=O)c1cnc2n(c1=O)CCS2. The summed E-state index contributed by atoms with van der Waals surface area (Å²) in [4.78, 5) is 41.6. The van der Waals surface area contributed by atoms with Gasteiger partial charge in [0.1, 0.15) is 11.6 Å². The first-order valence-corrected chi connectivity index (χ1v) is 7.84. The van der Waals surface area contributed by atoms with Crippen molar-refractivity contribution in [2.24, 2.45) is 0 Å². The van der Waals surface area contributed by atoms with Crippen molar-refractivity contribution >= 4 is 23.6 Å². The number of aliphatic carboxylic acids is 1. The van der Waals surface area contributed by atoms with Gasteiger partial charge in [-0.3, -0.25) is 14.2 Å². The molecule has 2 aliphatic heterocycles. The molecule has 112 valence electrons. The molecule has 0 unspecified atom stereocenters. The fourth-order valence-corrected chi connectivity index (χ4v) is 3.66. The molecular weight excluding hydrogens is 294 g/mol. The number of carboxylic acid groups (broad SMARTS) is 1. The Morgan fingerprint density at radius 2 is 2.14 bits per heavy atom. The van der Waals surface area contributed by atoms with Crippen molar-refractivity contribution in [1.29, 1.82) is 0 Å². The molecule has 0 aliphatic carbocycles. The number of piperidine rings is 1. The highest BCUT2D eigenvalue weighted by Crippen LogP contribution is 2.22. The van der Waals surface area contributed by atoms with Crippen LogP contribution >= 0.6 is 11.8 Å². The van der Waals surface area contributed by atoms with Gasteiger partial charge in [-0.1, -0.05) is 11.8 Å². The minimum Gasteiger partial charge on any atom is -0.480 e. The van der Waals surface area contributed by atoms with Gasteiger partial charge in [-0.2, -0.15) is 0 Å². The van der Waals surface area contributed by atoms with Crippen molar-refractivity contribution in [2.75, 3.05) is 12.3 Å². The van der Waals surface area contributed by atoms with Gasteiger partial charge < -0.3 is 10.0 Å². The molecular formula is C13H15N3O4S. The number of carbonyl (C=O) groups excluding carboxylic acids is 1. The molecule has 0 aromatic carbocycles. The first-order chi connectivity index (χ1) is 10.1. The molecule has 1 aromatic heterocycles. The second kappa shape index (κ2) is 5.51. The summed E-state index contributed by atoms with van der Waals surface area (Å²) in [5.74, 6) is -0.777. The van der Waals surface area contributed by atoms with Gasteiger partial charge in [-0.15, -0.1) is 0 Å². The molecule has 1 fully saturated rings. The van der Waals surface area contributed by atoms with Crippen molar-refractivity contribution in [2.45, 2.75) is 37.0 Å². The second-order valence-corrected chi connectivity index (χ2v) is 6.17. The number of carboxylic acids is 1. The lowest BCUT2D eigenvalue weighted by Gasteiger charge is -2.32. The Morgan fingerprint density at radius 3 is 2.90 bits per heavy atom. The van der Waals surface area contributed by atoms with Crippen LogP contribution in [-0.2, 0) is 11.3 Å². The molecule has 0 bridgehead atoms. The summed E-state index contributed by atoms with van der Waals surface area (Å²) in [5, 5.41) is 9.85. The zero-order valence-corrected chi connectivity index (χ0v) is 12.1. The van der Waals surface area contributed by atoms with Crippen molar-refractivity contribution in [3.63, 3.8) is 0 Å². The number of carbonyl (C=O) groups is 2. The Morgan fingerprint density at radius 1 is 1.33 bits per heavy atom. The highest BCUT2D eigenvalue weighted by atomic mass is 32.2. The molecule has 1 N–H and O–H groups in total. The highest BCUT2D eigenvalue weighted by molar-refractivity contribution is 7.99. The van der Waals surface area contributed by atoms with Crippen LogP contribution in [0.1, 0.15) is 29.6 Å². The molecule has 2 aliphatic rings. The zero-order valence-electron chi connectivity index (χ0n) is 11.3. The van der Waals surface area contributed by atoms with Gasteiger partial charge in [-0.05, 0) is 19.3 Å². The van der Waals surface area contributed by atoms with Gasteiger partial charge in [0.05, 0.1) is 0 Å². The molecule has 1 atom stereocenters. The number of amides is 1. The second-order valence-electron chi connectivity index (χ2n) is 5.11. The van der Waals surface area contributed by atoms with E-state index in [1.807, 2.05) is 0 Å². The van der Waals surface area contributed by atoms with Gasteiger partial charge in [0.25, 0.3) is 11.5 Å². The third kappa shape index (κ3) is 2.44. The fourth-order valence-electron chi connectivity index (χ4n) is 2.75. The Hall–Kier alpha value is -1.83. The van der Waals surface area contributed by atoms with E-state index in [1.54, 1.807) is 0 Å². The lowest BCUT2D eigenvalue weighted by molar-refractivity contribution is -0.143. The lowest BCUT2D eigenvalue weighted by Crippen LogP contribution is -2.49. The molecule has 1 saturated heterocycles. The number of rotatable bonds is 2. The van der Waals surface area contributed by atoms with Gasteiger partial charge in [-0.25, -0.2) is 9.78 Å². The minimum absolute atomic E-state index is 0.0330. The number of fused-ring (bicyclic) bond motifs is 1. The van der Waals surface area contributed by atoms with E-state index >= 15 is 0 Å². The number of aromatic nitrogens is 2. The smallest absolute Gasteiger partial charge is 0.326 e. The Kier molecular flexibility index (Phi) is 3.71. The van der Waals surface area contributed by atoms with Crippen LogP contribution in [0, 0.1) is 0 Å². The van der Waals surface area contributed by atoms with Crippen LogP contribution in [-0.4, -0.2) is 49.8 Å². The first kappa shape index (κ1) is 14.1. The van der Waals surface area contributed by atoms with E-state index in [-0.39, 0.29) is 11.1 Å². The fraction of sp³-hybridized carbons (Fsp3) is 0.538. The molecule has 1 amide bonds. The quantitative estimate of drug-likeness (QED) is 0.796. The van der Waals surface area contributed by atoms with Gasteiger partial charge in [0.2, 0.25) is 0 Å². The van der Waals surface area contributed by atoms with Gasteiger partial charge in [0, 0.05) is 25.0 Å². The lowest BCUT2D eigenvalue weighted by atomic mass is 10.0. The predicted octanol–water partition coefficient (Wildman–Crippen LogP) is 0.428. The van der Waals surface area contributed by atoms with Crippen molar-refractivity contribution in [3.05, 3.63) is 22.1 Å². The van der Waals surface area contributed by atoms with E-state index in [4.69, 9.17) is 0 Å². The zero-order chi connectivity index (χ0) is 15.0. The van der Waals surface area contributed by atoms with E-state index in [1.165, 1.54) is 27.4 Å². The summed E-state index contributed by atoms with van der Waals surface area (Å²) >= 11 is 1.48. The van der Waals surface area contributed by atoms with Crippen LogP contribution < -0.4 is 5.56 Å². The molecule has 0 radical (unpaired) electrons. The van der Waals surface area contributed by atoms with Crippen molar-refractivity contribution in [1.82, 2.24) is 14.5 Å². The average Bonchev–Trinajstić information content (AvgIpc) is 2.96. The largest absolute Gasteiger partial charge is 0.480 e. The number of hydrogen-bond donors (Lipinski definition) is 1. The number of nitrogens with zero attached hydrogens (tertiary/aromatic N) is 3. The molecule has 7 nitrogen and oxygen atoms in total. The van der Waals surface area contributed by atoms with E-state index in [0.717, 1.165) is 18.6 Å². The molecule has 0 spiro atoms. The summed E-state index contributed by atoms with van der Waals surface area (Å²) in [6.07, 6.45) is 3.24. The third-order valence-corrected chi connectivity index (χ3v) is 4.81. The predicted molar refractivity (Wildman–Crippen MR) is 75.5 cm³/mol. The molecule has 0 saturated carbocycles. The van der Waals surface area contributed by atoms with Crippen molar-refractivity contribution < 1.29 is 14.7 Å². The van der Waals surface area contributed by atoms with E-state index < -0.39 is 17.9 Å². The van der Waals surface area contributed by atoms with Gasteiger partial charge in [0.15, 0.2) is 5.16 Å². The Bertz CT molecular complexity index is 657. The number of likely N-dealkylation sites (tertiary alicyclic amines) is 1. The summed E-state index contributed by atoms with van der Waals surface area (Å²) < 4.78 is 1.48. The van der Waals surface area contributed by atoms with Crippen LogP contribution in [0.3, 0.4) is 0 Å². The van der Waals surface area contributed by atoms with Crippen LogP contribution in [0.15, 0.2) is 16.1 Å². The topological polar surface area (TPSA) is 92.5 Å². The standard InChI is InChI=1S/C13H15N3O4S/c17-10(15-4-2-1-3-9(15)12(19)20)8-7-14-13-16(11(8)18)5-6-21-13/h7,9H,1-6H2,(H,19,20)/t9-/m1/s1. The maximum atomic E-state index is 12.5. The highest BCUT2D eigenvalue weighted by Gasteiger charge is 2.34. The monoisotopic (exact) mass is 309 g/mol. The summed E-state index contributed by atoms with van der Waals surface area (Å²) in [6, 6.07) is -0.849. The normalized spacial score (nSPS) is 21.1. The summed E-state index contributed by atoms with van der Waals surface area (Å²) in [5.41, 5.74) is -0.404. The first-order valence-electron chi connectivity index (χ1n) is 6.86. The van der Waals surface area contributed by atoms with Crippen LogP contribution in [0.5, 0.6) is 0 Å². The maximum absolute atomic E-state index is 12.5. The third-order valence-electron chi connectivity index (χ3n) is 3.84. The average molecular weight is 309 g/mol. The molecule has 3 rings (SSSR count). The summed E-state index contributed by atoms with van der Waals surface area (Å²) in [7, 11) is 0. The molecule has 8 heteroatoms. The van der Waals surface area contributed by atoms with Gasteiger partial charge >= 0.3 is 5.97 Å². The van der Waals surface area contributed by atoms with Crippen LogP contribution in [0.2, 0.25) is 0 Å². The Balaban J connectivity index is 1.95. The van der Waals surface area contributed by atoms with Crippen molar-refractivity contribution in [3.8, 4) is 0 Å². The Labute approximate surface area is 125 Å².